The molecule has 2 aromatic rings. The molecule has 17 heavy (non-hydrogen) atoms. The van der Waals surface area contributed by atoms with E-state index >= 15 is 0 Å². The summed E-state index contributed by atoms with van der Waals surface area (Å²) in [5.41, 5.74) is 1.49. The van der Waals surface area contributed by atoms with Gasteiger partial charge in [-0.2, -0.15) is 0 Å². The first-order valence-electron chi connectivity index (χ1n) is 5.78. The Bertz CT molecular complexity index is 531. The van der Waals surface area contributed by atoms with Crippen molar-refractivity contribution >= 4 is 16.8 Å². The van der Waals surface area contributed by atoms with Crippen LogP contribution >= 0.6 is 0 Å². The molecule has 4 nitrogen and oxygen atoms in total. The zero-order valence-corrected chi connectivity index (χ0v) is 10.0. The van der Waals surface area contributed by atoms with Crippen LogP contribution in [0.1, 0.15) is 24.3 Å². The SMILES string of the molecule is CCNC(=O)c1cc2ccc(OCC)cc2[nH]1. The summed E-state index contributed by atoms with van der Waals surface area (Å²) in [6, 6.07) is 7.60. The molecule has 4 heteroatoms. The summed E-state index contributed by atoms with van der Waals surface area (Å²) in [7, 11) is 0. The molecular weight excluding hydrogens is 216 g/mol. The standard InChI is InChI=1S/C13H16N2O2/c1-3-14-13(16)12-7-9-5-6-10(17-4-2)8-11(9)15-12/h5-8,15H,3-4H2,1-2H3,(H,14,16). The molecule has 0 spiro atoms. The Kier molecular flexibility index (Phi) is 3.32. The molecule has 1 aromatic carbocycles. The second-order valence-electron chi connectivity index (χ2n) is 3.72. The fraction of sp³-hybridized carbons (Fsp3) is 0.308. The van der Waals surface area contributed by atoms with E-state index in [0.29, 0.717) is 18.8 Å². The van der Waals surface area contributed by atoms with Crippen molar-refractivity contribution < 1.29 is 9.53 Å². The number of hydrogen-bond donors (Lipinski definition) is 2. The second-order valence-corrected chi connectivity index (χ2v) is 3.72. The largest absolute Gasteiger partial charge is 0.494 e. The lowest BCUT2D eigenvalue weighted by Crippen LogP contribution is -2.22. The van der Waals surface area contributed by atoms with Gasteiger partial charge in [-0.05, 0) is 32.0 Å². The Hall–Kier alpha value is -1.97. The third-order valence-corrected chi connectivity index (χ3v) is 2.49. The highest BCUT2D eigenvalue weighted by atomic mass is 16.5. The van der Waals surface area contributed by atoms with Crippen LogP contribution in [0.15, 0.2) is 24.3 Å². The number of ether oxygens (including phenoxy) is 1. The Balaban J connectivity index is 2.33. The molecule has 1 amide bonds. The first-order valence-corrected chi connectivity index (χ1v) is 5.78. The van der Waals surface area contributed by atoms with Gasteiger partial charge in [0.15, 0.2) is 0 Å². The molecule has 0 atom stereocenters. The lowest BCUT2D eigenvalue weighted by molar-refractivity contribution is 0.0951. The third-order valence-electron chi connectivity index (χ3n) is 2.49. The minimum Gasteiger partial charge on any atom is -0.494 e. The maximum absolute atomic E-state index is 11.7. The van der Waals surface area contributed by atoms with Crippen LogP contribution in [0.4, 0.5) is 0 Å². The van der Waals surface area contributed by atoms with Crippen LogP contribution in [0.25, 0.3) is 10.9 Å². The van der Waals surface area contributed by atoms with Gasteiger partial charge in [0.2, 0.25) is 0 Å². The fourth-order valence-corrected chi connectivity index (χ4v) is 1.74. The van der Waals surface area contributed by atoms with Crippen molar-refractivity contribution in [1.82, 2.24) is 10.3 Å². The van der Waals surface area contributed by atoms with Crippen LogP contribution in [-0.4, -0.2) is 24.0 Å². The number of carbonyl (C=O) groups excluding carboxylic acids is 1. The van der Waals surface area contributed by atoms with E-state index in [4.69, 9.17) is 4.74 Å². The predicted molar refractivity (Wildman–Crippen MR) is 67.5 cm³/mol. The minimum absolute atomic E-state index is 0.0818. The Morgan fingerprint density at radius 2 is 2.18 bits per heavy atom. The first kappa shape index (κ1) is 11.5. The minimum atomic E-state index is -0.0818. The molecule has 90 valence electrons. The van der Waals surface area contributed by atoms with Crippen molar-refractivity contribution in [2.24, 2.45) is 0 Å². The molecule has 0 unspecified atom stereocenters. The van der Waals surface area contributed by atoms with Gasteiger partial charge >= 0.3 is 0 Å². The molecule has 1 aromatic heterocycles. The van der Waals surface area contributed by atoms with Crippen LogP contribution in [0.2, 0.25) is 0 Å². The van der Waals surface area contributed by atoms with Crippen molar-refractivity contribution in [3.05, 3.63) is 30.0 Å². The van der Waals surface area contributed by atoms with Gasteiger partial charge in [0.05, 0.1) is 6.61 Å². The second kappa shape index (κ2) is 4.91. The van der Waals surface area contributed by atoms with E-state index in [1.54, 1.807) is 0 Å². The average Bonchev–Trinajstić information content (AvgIpc) is 2.73. The zero-order chi connectivity index (χ0) is 12.3. The lowest BCUT2D eigenvalue weighted by atomic mass is 10.2. The number of rotatable bonds is 4. The molecule has 0 aliphatic carbocycles. The van der Waals surface area contributed by atoms with E-state index in [1.165, 1.54) is 0 Å². The molecule has 2 N–H and O–H groups in total. The normalized spacial score (nSPS) is 10.5. The predicted octanol–water partition coefficient (Wildman–Crippen LogP) is 2.32. The zero-order valence-electron chi connectivity index (χ0n) is 10.0. The number of aromatic amines is 1. The summed E-state index contributed by atoms with van der Waals surface area (Å²) < 4.78 is 5.41. The Labute approximate surface area is 100.0 Å². The van der Waals surface area contributed by atoms with Gasteiger partial charge in [0.1, 0.15) is 11.4 Å². The highest BCUT2D eigenvalue weighted by Crippen LogP contribution is 2.21. The number of aromatic nitrogens is 1. The smallest absolute Gasteiger partial charge is 0.267 e. The Morgan fingerprint density at radius 3 is 2.88 bits per heavy atom. The number of benzene rings is 1. The number of nitrogens with one attached hydrogen (secondary N) is 2. The van der Waals surface area contributed by atoms with Crippen molar-refractivity contribution in [3.63, 3.8) is 0 Å². The number of hydrogen-bond acceptors (Lipinski definition) is 2. The Morgan fingerprint density at radius 1 is 1.35 bits per heavy atom. The molecule has 2 rings (SSSR count). The number of fused-ring (bicyclic) bond motifs is 1. The van der Waals surface area contributed by atoms with Gasteiger partial charge in [0, 0.05) is 23.5 Å². The fourth-order valence-electron chi connectivity index (χ4n) is 1.74. The van der Waals surface area contributed by atoms with E-state index in [-0.39, 0.29) is 5.91 Å². The van der Waals surface area contributed by atoms with Crippen molar-refractivity contribution in [1.29, 1.82) is 0 Å². The van der Waals surface area contributed by atoms with Crippen LogP contribution in [0, 0.1) is 0 Å². The van der Waals surface area contributed by atoms with E-state index in [1.807, 2.05) is 38.1 Å². The average molecular weight is 232 g/mol. The van der Waals surface area contributed by atoms with Crippen molar-refractivity contribution in [2.75, 3.05) is 13.2 Å². The molecule has 0 radical (unpaired) electrons. The maximum Gasteiger partial charge on any atom is 0.267 e. The molecule has 0 saturated heterocycles. The lowest BCUT2D eigenvalue weighted by Gasteiger charge is -2.01. The molecule has 0 saturated carbocycles. The monoisotopic (exact) mass is 232 g/mol. The molecule has 0 aliphatic heterocycles. The van der Waals surface area contributed by atoms with E-state index in [0.717, 1.165) is 16.7 Å². The highest BCUT2D eigenvalue weighted by molar-refractivity contribution is 5.98. The van der Waals surface area contributed by atoms with Gasteiger partial charge in [0.25, 0.3) is 5.91 Å². The topological polar surface area (TPSA) is 54.1 Å². The van der Waals surface area contributed by atoms with Crippen LogP contribution in [0.5, 0.6) is 5.75 Å². The van der Waals surface area contributed by atoms with Gasteiger partial charge in [-0.1, -0.05) is 0 Å². The summed E-state index contributed by atoms with van der Waals surface area (Å²) in [5.74, 6) is 0.728. The molecule has 0 aliphatic rings. The van der Waals surface area contributed by atoms with Gasteiger partial charge < -0.3 is 15.0 Å². The number of carbonyl (C=O) groups is 1. The van der Waals surface area contributed by atoms with Crippen LogP contribution in [-0.2, 0) is 0 Å². The quantitative estimate of drug-likeness (QED) is 0.850. The molecule has 0 bridgehead atoms. The van der Waals surface area contributed by atoms with Crippen molar-refractivity contribution in [3.8, 4) is 5.75 Å². The third kappa shape index (κ3) is 2.41. The number of amides is 1. The summed E-state index contributed by atoms with van der Waals surface area (Å²) in [5, 5.41) is 3.77. The van der Waals surface area contributed by atoms with Gasteiger partial charge in [-0.15, -0.1) is 0 Å². The van der Waals surface area contributed by atoms with Crippen molar-refractivity contribution in [2.45, 2.75) is 13.8 Å². The molecule has 0 fully saturated rings. The van der Waals surface area contributed by atoms with Gasteiger partial charge in [-0.25, -0.2) is 0 Å². The number of H-pyrrole nitrogens is 1. The van der Waals surface area contributed by atoms with Crippen LogP contribution in [0.3, 0.4) is 0 Å². The maximum atomic E-state index is 11.7. The molecule has 1 heterocycles. The van der Waals surface area contributed by atoms with E-state index < -0.39 is 0 Å². The summed E-state index contributed by atoms with van der Waals surface area (Å²) in [6.07, 6.45) is 0. The summed E-state index contributed by atoms with van der Waals surface area (Å²) in [4.78, 5) is 14.7. The van der Waals surface area contributed by atoms with Crippen LogP contribution < -0.4 is 10.1 Å². The highest BCUT2D eigenvalue weighted by Gasteiger charge is 2.08. The first-order chi connectivity index (χ1) is 8.24. The summed E-state index contributed by atoms with van der Waals surface area (Å²) in [6.45, 7) is 5.10. The van der Waals surface area contributed by atoms with E-state index in [2.05, 4.69) is 10.3 Å². The summed E-state index contributed by atoms with van der Waals surface area (Å²) >= 11 is 0. The van der Waals surface area contributed by atoms with Gasteiger partial charge in [-0.3, -0.25) is 4.79 Å². The molecular formula is C13H16N2O2. The van der Waals surface area contributed by atoms with E-state index in [9.17, 15) is 4.79 Å².